The molecule has 0 aromatic heterocycles. The SMILES string of the molecule is C=CC(=O)N(c1ccccc1)c1cccc(Cl)c1. The van der Waals surface area contributed by atoms with Crippen LogP contribution in [0.5, 0.6) is 0 Å². The highest BCUT2D eigenvalue weighted by Crippen LogP contribution is 2.27. The number of carbonyl (C=O) groups is 1. The van der Waals surface area contributed by atoms with Gasteiger partial charge in [-0.25, -0.2) is 0 Å². The summed E-state index contributed by atoms with van der Waals surface area (Å²) in [4.78, 5) is 13.6. The Kier molecular flexibility index (Phi) is 3.80. The standard InChI is InChI=1S/C15H12ClNO/c1-2-15(18)17(13-8-4-3-5-9-13)14-10-6-7-12(16)11-14/h2-11H,1H2. The maximum Gasteiger partial charge on any atom is 0.254 e. The molecule has 0 aliphatic carbocycles. The van der Waals surface area contributed by atoms with Gasteiger partial charge in [0, 0.05) is 10.7 Å². The number of hydrogen-bond donors (Lipinski definition) is 0. The van der Waals surface area contributed by atoms with Crippen LogP contribution in [0.4, 0.5) is 11.4 Å². The predicted molar refractivity (Wildman–Crippen MR) is 75.2 cm³/mol. The summed E-state index contributed by atoms with van der Waals surface area (Å²) in [5.41, 5.74) is 1.50. The third-order valence-corrected chi connectivity index (χ3v) is 2.71. The summed E-state index contributed by atoms with van der Waals surface area (Å²) in [6.07, 6.45) is 1.29. The zero-order valence-electron chi connectivity index (χ0n) is 9.71. The Bertz CT molecular complexity index is 566. The van der Waals surface area contributed by atoms with Crippen LogP contribution in [0.15, 0.2) is 67.3 Å². The quantitative estimate of drug-likeness (QED) is 0.755. The number of rotatable bonds is 3. The van der Waals surface area contributed by atoms with Gasteiger partial charge in [0.05, 0.1) is 5.69 Å². The van der Waals surface area contributed by atoms with Gasteiger partial charge in [0.25, 0.3) is 5.91 Å². The van der Waals surface area contributed by atoms with Gasteiger partial charge in [0.15, 0.2) is 0 Å². The smallest absolute Gasteiger partial charge is 0.254 e. The van der Waals surface area contributed by atoms with E-state index in [0.29, 0.717) is 5.02 Å². The maximum atomic E-state index is 12.0. The Labute approximate surface area is 111 Å². The van der Waals surface area contributed by atoms with Crippen molar-refractivity contribution in [3.8, 4) is 0 Å². The number of hydrogen-bond acceptors (Lipinski definition) is 1. The second kappa shape index (κ2) is 5.52. The molecule has 0 aliphatic heterocycles. The molecule has 0 fully saturated rings. The Morgan fingerprint density at radius 2 is 1.72 bits per heavy atom. The van der Waals surface area contributed by atoms with Crippen LogP contribution in [0.25, 0.3) is 0 Å². The van der Waals surface area contributed by atoms with Crippen LogP contribution < -0.4 is 4.90 Å². The normalized spacial score (nSPS) is 9.83. The molecule has 0 unspecified atom stereocenters. The molecule has 0 heterocycles. The number of anilines is 2. The van der Waals surface area contributed by atoms with Gasteiger partial charge in [-0.1, -0.05) is 42.4 Å². The first-order valence-corrected chi connectivity index (χ1v) is 5.87. The highest BCUT2D eigenvalue weighted by molar-refractivity contribution is 6.31. The van der Waals surface area contributed by atoms with Crippen LogP contribution in [-0.4, -0.2) is 5.91 Å². The summed E-state index contributed by atoms with van der Waals surface area (Å²) >= 11 is 5.96. The third kappa shape index (κ3) is 2.60. The van der Waals surface area contributed by atoms with Crippen LogP contribution in [0.2, 0.25) is 5.02 Å². The summed E-state index contributed by atoms with van der Waals surface area (Å²) in [5.74, 6) is -0.191. The van der Waals surface area contributed by atoms with E-state index in [2.05, 4.69) is 6.58 Å². The first-order chi connectivity index (χ1) is 8.72. The van der Waals surface area contributed by atoms with Crippen molar-refractivity contribution in [2.45, 2.75) is 0 Å². The molecule has 2 nitrogen and oxygen atoms in total. The highest BCUT2D eigenvalue weighted by Gasteiger charge is 2.14. The molecule has 1 amide bonds. The molecule has 0 aliphatic rings. The zero-order valence-corrected chi connectivity index (χ0v) is 10.5. The second-order valence-corrected chi connectivity index (χ2v) is 4.13. The first kappa shape index (κ1) is 12.4. The molecule has 18 heavy (non-hydrogen) atoms. The molecule has 0 N–H and O–H groups in total. The number of nitrogens with zero attached hydrogens (tertiary/aromatic N) is 1. The molecular formula is C15H12ClNO. The van der Waals surface area contributed by atoms with Gasteiger partial charge in [-0.3, -0.25) is 9.69 Å². The topological polar surface area (TPSA) is 20.3 Å². The number of para-hydroxylation sites is 1. The zero-order chi connectivity index (χ0) is 13.0. The van der Waals surface area contributed by atoms with Crippen molar-refractivity contribution < 1.29 is 4.79 Å². The molecular weight excluding hydrogens is 246 g/mol. The van der Waals surface area contributed by atoms with Crippen molar-refractivity contribution in [2.24, 2.45) is 0 Å². The molecule has 0 bridgehead atoms. The van der Waals surface area contributed by atoms with Crippen LogP contribution in [0.1, 0.15) is 0 Å². The lowest BCUT2D eigenvalue weighted by Crippen LogP contribution is -2.23. The monoisotopic (exact) mass is 257 g/mol. The van der Waals surface area contributed by atoms with Crippen molar-refractivity contribution in [3.63, 3.8) is 0 Å². The minimum absolute atomic E-state index is 0.191. The predicted octanol–water partition coefficient (Wildman–Crippen LogP) is 4.19. The molecule has 0 spiro atoms. The molecule has 0 saturated carbocycles. The summed E-state index contributed by atoms with van der Waals surface area (Å²) in [7, 11) is 0. The lowest BCUT2D eigenvalue weighted by Gasteiger charge is -2.21. The molecule has 3 heteroatoms. The molecule has 0 saturated heterocycles. The summed E-state index contributed by atoms with van der Waals surface area (Å²) < 4.78 is 0. The van der Waals surface area contributed by atoms with E-state index >= 15 is 0 Å². The average molecular weight is 258 g/mol. The van der Waals surface area contributed by atoms with Gasteiger partial charge in [0.1, 0.15) is 0 Å². The Balaban J connectivity index is 2.50. The Morgan fingerprint density at radius 1 is 1.06 bits per heavy atom. The van der Waals surface area contributed by atoms with Crippen molar-refractivity contribution in [1.82, 2.24) is 0 Å². The largest absolute Gasteiger partial charge is 0.277 e. The van der Waals surface area contributed by atoms with Crippen LogP contribution in [0, 0.1) is 0 Å². The summed E-state index contributed by atoms with van der Waals surface area (Å²) in [5, 5.41) is 0.588. The minimum Gasteiger partial charge on any atom is -0.277 e. The van der Waals surface area contributed by atoms with Gasteiger partial charge in [-0.2, -0.15) is 0 Å². The van der Waals surface area contributed by atoms with Gasteiger partial charge >= 0.3 is 0 Å². The van der Waals surface area contributed by atoms with E-state index in [-0.39, 0.29) is 5.91 Å². The fraction of sp³-hybridized carbons (Fsp3) is 0. The van der Waals surface area contributed by atoms with Gasteiger partial charge < -0.3 is 0 Å². The highest BCUT2D eigenvalue weighted by atomic mass is 35.5. The third-order valence-electron chi connectivity index (χ3n) is 2.48. The first-order valence-electron chi connectivity index (χ1n) is 5.49. The number of halogens is 1. The van der Waals surface area contributed by atoms with Crippen molar-refractivity contribution in [1.29, 1.82) is 0 Å². The van der Waals surface area contributed by atoms with Crippen LogP contribution in [0.3, 0.4) is 0 Å². The van der Waals surface area contributed by atoms with E-state index in [1.54, 1.807) is 17.0 Å². The number of benzene rings is 2. The van der Waals surface area contributed by atoms with Crippen molar-refractivity contribution >= 4 is 28.9 Å². The van der Waals surface area contributed by atoms with E-state index < -0.39 is 0 Å². The van der Waals surface area contributed by atoms with E-state index in [0.717, 1.165) is 11.4 Å². The fourth-order valence-corrected chi connectivity index (χ4v) is 1.87. The van der Waals surface area contributed by atoms with E-state index in [9.17, 15) is 4.79 Å². The maximum absolute atomic E-state index is 12.0. The minimum atomic E-state index is -0.191. The second-order valence-electron chi connectivity index (χ2n) is 3.69. The van der Waals surface area contributed by atoms with E-state index in [1.807, 2.05) is 42.5 Å². The molecule has 2 rings (SSSR count). The van der Waals surface area contributed by atoms with Crippen LogP contribution >= 0.6 is 11.6 Å². The molecule has 2 aromatic carbocycles. The molecule has 2 aromatic rings. The molecule has 0 atom stereocenters. The lowest BCUT2D eigenvalue weighted by atomic mass is 10.2. The Hall–Kier alpha value is -2.06. The fourth-order valence-electron chi connectivity index (χ4n) is 1.69. The molecule has 90 valence electrons. The average Bonchev–Trinajstić information content (AvgIpc) is 2.40. The number of amides is 1. The van der Waals surface area contributed by atoms with Gasteiger partial charge in [0.2, 0.25) is 0 Å². The summed E-state index contributed by atoms with van der Waals surface area (Å²) in [6.45, 7) is 3.53. The van der Waals surface area contributed by atoms with E-state index in [1.165, 1.54) is 6.08 Å². The van der Waals surface area contributed by atoms with Crippen molar-refractivity contribution in [3.05, 3.63) is 72.3 Å². The lowest BCUT2D eigenvalue weighted by molar-refractivity contribution is -0.113. The van der Waals surface area contributed by atoms with Crippen LogP contribution in [-0.2, 0) is 4.79 Å². The van der Waals surface area contributed by atoms with E-state index in [4.69, 9.17) is 11.6 Å². The van der Waals surface area contributed by atoms with Gasteiger partial charge in [-0.15, -0.1) is 0 Å². The summed E-state index contributed by atoms with van der Waals surface area (Å²) in [6, 6.07) is 16.5. The Morgan fingerprint density at radius 3 is 2.33 bits per heavy atom. The molecule has 0 radical (unpaired) electrons. The number of carbonyl (C=O) groups excluding carboxylic acids is 1. The van der Waals surface area contributed by atoms with Gasteiger partial charge in [-0.05, 0) is 36.4 Å². The van der Waals surface area contributed by atoms with Crippen molar-refractivity contribution in [2.75, 3.05) is 4.90 Å².